The van der Waals surface area contributed by atoms with Crippen LogP contribution < -0.4 is 0 Å². The van der Waals surface area contributed by atoms with Gasteiger partial charge in [0, 0.05) is 5.56 Å². The molecule has 0 heterocycles. The number of rotatable bonds is 15. The number of benzene rings is 1. The Bertz CT molecular complexity index is 372. The van der Waals surface area contributed by atoms with Crippen LogP contribution in [0, 0.1) is 6.07 Å². The van der Waals surface area contributed by atoms with Crippen molar-refractivity contribution >= 4 is 0 Å². The van der Waals surface area contributed by atoms with Crippen LogP contribution in [0.5, 0.6) is 5.75 Å². The predicted octanol–water partition coefficient (Wildman–Crippen LogP) is 7.22. The first kappa shape index (κ1) is 20.1. The Morgan fingerprint density at radius 2 is 1.22 bits per heavy atom. The smallest absolute Gasteiger partial charge is 0.119 e. The SMILES string of the molecule is CCCCCCCCCCCCCCCCc1[c]cccc1O. The average Bonchev–Trinajstić information content (AvgIpc) is 2.57. The molecule has 0 aliphatic heterocycles. The lowest BCUT2D eigenvalue weighted by atomic mass is 10.0. The Kier molecular flexibility index (Phi) is 12.7. The van der Waals surface area contributed by atoms with Gasteiger partial charge in [0.05, 0.1) is 0 Å². The van der Waals surface area contributed by atoms with E-state index in [1.165, 1.54) is 89.9 Å². The third kappa shape index (κ3) is 11.2. The highest BCUT2D eigenvalue weighted by Gasteiger charge is 1.99. The van der Waals surface area contributed by atoms with Gasteiger partial charge in [-0.25, -0.2) is 0 Å². The molecule has 0 atom stereocenters. The summed E-state index contributed by atoms with van der Waals surface area (Å²) in [4.78, 5) is 0. The maximum atomic E-state index is 9.68. The van der Waals surface area contributed by atoms with E-state index in [-0.39, 0.29) is 0 Å². The molecular weight excluding hydrogens is 280 g/mol. The first-order chi connectivity index (χ1) is 11.3. The molecule has 1 aromatic carbocycles. The van der Waals surface area contributed by atoms with Crippen LogP contribution >= 0.6 is 0 Å². The van der Waals surface area contributed by atoms with E-state index in [9.17, 15) is 5.11 Å². The molecule has 1 aromatic rings. The zero-order valence-corrected chi connectivity index (χ0v) is 15.3. The van der Waals surface area contributed by atoms with Crippen LogP contribution in [0.2, 0.25) is 0 Å². The molecule has 0 fully saturated rings. The molecule has 0 aliphatic rings. The zero-order chi connectivity index (χ0) is 16.6. The fourth-order valence-corrected chi connectivity index (χ4v) is 3.16. The van der Waals surface area contributed by atoms with Crippen LogP contribution in [0.4, 0.5) is 0 Å². The number of aryl methyl sites for hydroxylation is 1. The summed E-state index contributed by atoms with van der Waals surface area (Å²) >= 11 is 0. The van der Waals surface area contributed by atoms with Gasteiger partial charge in [-0.3, -0.25) is 0 Å². The fraction of sp³-hybridized carbons (Fsp3) is 0.727. The molecule has 0 spiro atoms. The summed E-state index contributed by atoms with van der Waals surface area (Å²) in [6.45, 7) is 2.28. The largest absolute Gasteiger partial charge is 0.508 e. The Hall–Kier alpha value is -0.980. The summed E-state index contributed by atoms with van der Waals surface area (Å²) in [5.74, 6) is 0.405. The third-order valence-electron chi connectivity index (χ3n) is 4.70. The van der Waals surface area contributed by atoms with Crippen molar-refractivity contribution in [2.45, 2.75) is 103 Å². The Morgan fingerprint density at radius 1 is 0.739 bits per heavy atom. The van der Waals surface area contributed by atoms with Crippen LogP contribution in [0.25, 0.3) is 0 Å². The second-order valence-electron chi connectivity index (χ2n) is 6.88. The number of hydrogen-bond acceptors (Lipinski definition) is 1. The molecule has 1 radical (unpaired) electrons. The Labute approximate surface area is 144 Å². The lowest BCUT2D eigenvalue weighted by molar-refractivity contribution is 0.465. The molecule has 1 N–H and O–H groups in total. The minimum Gasteiger partial charge on any atom is -0.508 e. The van der Waals surface area contributed by atoms with E-state index in [1.54, 1.807) is 6.07 Å². The molecule has 0 amide bonds. The van der Waals surface area contributed by atoms with Crippen molar-refractivity contribution in [3.8, 4) is 5.75 Å². The first-order valence-electron chi connectivity index (χ1n) is 10.0. The molecule has 0 aliphatic carbocycles. The van der Waals surface area contributed by atoms with Crippen LogP contribution in [-0.4, -0.2) is 5.11 Å². The molecule has 0 saturated carbocycles. The van der Waals surface area contributed by atoms with Gasteiger partial charge in [-0.05, 0) is 25.0 Å². The quantitative estimate of drug-likeness (QED) is 0.339. The third-order valence-corrected chi connectivity index (χ3v) is 4.70. The summed E-state index contributed by atoms with van der Waals surface area (Å²) < 4.78 is 0. The maximum Gasteiger partial charge on any atom is 0.119 e. The highest BCUT2D eigenvalue weighted by molar-refractivity contribution is 5.30. The van der Waals surface area contributed by atoms with Crippen LogP contribution in [0.15, 0.2) is 18.2 Å². The lowest BCUT2D eigenvalue weighted by Crippen LogP contribution is -1.87. The van der Waals surface area contributed by atoms with Crippen molar-refractivity contribution in [1.82, 2.24) is 0 Å². The standard InChI is InChI=1S/C22H37O/c1-2-3-4-5-6-7-8-9-10-11-12-13-14-15-18-21-19-16-17-20-22(21)23/h16-17,20,23H,2-15,18H2,1H3. The highest BCUT2D eigenvalue weighted by atomic mass is 16.3. The number of aromatic hydroxyl groups is 1. The second-order valence-corrected chi connectivity index (χ2v) is 6.88. The van der Waals surface area contributed by atoms with E-state index in [2.05, 4.69) is 13.0 Å². The summed E-state index contributed by atoms with van der Waals surface area (Å²) in [7, 11) is 0. The number of hydrogen-bond donors (Lipinski definition) is 1. The van der Waals surface area contributed by atoms with Crippen molar-refractivity contribution < 1.29 is 5.11 Å². The van der Waals surface area contributed by atoms with Crippen LogP contribution in [-0.2, 0) is 6.42 Å². The summed E-state index contributed by atoms with van der Waals surface area (Å²) in [6.07, 6.45) is 20.4. The van der Waals surface area contributed by atoms with Crippen LogP contribution in [0.1, 0.15) is 102 Å². The molecule has 0 aromatic heterocycles. The van der Waals surface area contributed by atoms with Gasteiger partial charge < -0.3 is 5.11 Å². The predicted molar refractivity (Wildman–Crippen MR) is 101 cm³/mol. The van der Waals surface area contributed by atoms with Crippen LogP contribution in [0.3, 0.4) is 0 Å². The minimum atomic E-state index is 0.405. The van der Waals surface area contributed by atoms with E-state index in [0.717, 1.165) is 12.0 Å². The minimum absolute atomic E-state index is 0.405. The fourth-order valence-electron chi connectivity index (χ4n) is 3.16. The summed E-state index contributed by atoms with van der Waals surface area (Å²) in [5.41, 5.74) is 0.978. The first-order valence-corrected chi connectivity index (χ1v) is 10.0. The van der Waals surface area contributed by atoms with Gasteiger partial charge in [-0.2, -0.15) is 0 Å². The second kappa shape index (κ2) is 14.6. The van der Waals surface area contributed by atoms with Crippen molar-refractivity contribution in [2.75, 3.05) is 0 Å². The van der Waals surface area contributed by atoms with Crippen molar-refractivity contribution in [1.29, 1.82) is 0 Å². The monoisotopic (exact) mass is 317 g/mol. The molecule has 0 saturated heterocycles. The molecular formula is C22H37O. The van der Waals surface area contributed by atoms with E-state index in [1.807, 2.05) is 12.1 Å². The molecule has 1 heteroatoms. The van der Waals surface area contributed by atoms with Gasteiger partial charge in [-0.1, -0.05) is 103 Å². The molecule has 0 unspecified atom stereocenters. The van der Waals surface area contributed by atoms with Gasteiger partial charge in [0.1, 0.15) is 5.75 Å². The molecule has 0 bridgehead atoms. The lowest BCUT2D eigenvalue weighted by Gasteiger charge is -2.04. The van der Waals surface area contributed by atoms with Gasteiger partial charge in [0.25, 0.3) is 0 Å². The number of phenols is 1. The Morgan fingerprint density at radius 3 is 1.70 bits per heavy atom. The van der Waals surface area contributed by atoms with E-state index >= 15 is 0 Å². The van der Waals surface area contributed by atoms with E-state index in [0.29, 0.717) is 5.75 Å². The average molecular weight is 318 g/mol. The van der Waals surface area contributed by atoms with Gasteiger partial charge in [-0.15, -0.1) is 0 Å². The van der Waals surface area contributed by atoms with E-state index < -0.39 is 0 Å². The molecule has 131 valence electrons. The van der Waals surface area contributed by atoms with Crippen molar-refractivity contribution in [2.24, 2.45) is 0 Å². The normalized spacial score (nSPS) is 11.0. The van der Waals surface area contributed by atoms with Crippen molar-refractivity contribution in [3.05, 3.63) is 29.8 Å². The van der Waals surface area contributed by atoms with Gasteiger partial charge in [0.2, 0.25) is 0 Å². The number of unbranched alkanes of at least 4 members (excludes halogenated alkanes) is 13. The zero-order valence-electron chi connectivity index (χ0n) is 15.3. The number of phenolic OH excluding ortho intramolecular Hbond substituents is 1. The topological polar surface area (TPSA) is 20.2 Å². The summed E-state index contributed by atoms with van der Waals surface area (Å²) in [5, 5.41) is 9.68. The highest BCUT2D eigenvalue weighted by Crippen LogP contribution is 2.18. The Balaban J connectivity index is 1.79. The van der Waals surface area contributed by atoms with Gasteiger partial charge in [0.15, 0.2) is 0 Å². The maximum absolute atomic E-state index is 9.68. The summed E-state index contributed by atoms with van der Waals surface area (Å²) in [6, 6.07) is 8.62. The molecule has 1 nitrogen and oxygen atoms in total. The van der Waals surface area contributed by atoms with Crippen molar-refractivity contribution in [3.63, 3.8) is 0 Å². The molecule has 23 heavy (non-hydrogen) atoms. The van der Waals surface area contributed by atoms with E-state index in [4.69, 9.17) is 0 Å². The van der Waals surface area contributed by atoms with Gasteiger partial charge >= 0.3 is 0 Å². The molecule has 1 rings (SSSR count).